The molecule has 150 valence electrons. The van der Waals surface area contributed by atoms with Crippen LogP contribution in [0.15, 0.2) is 93.4 Å². The van der Waals surface area contributed by atoms with Gasteiger partial charge in [0.15, 0.2) is 5.78 Å². The average molecular weight is 437 g/mol. The first kappa shape index (κ1) is 21.5. The summed E-state index contributed by atoms with van der Waals surface area (Å²) in [6, 6.07) is 14.4. The van der Waals surface area contributed by atoms with Crippen molar-refractivity contribution < 1.29 is 4.79 Å². The molecule has 1 heterocycles. The zero-order chi connectivity index (χ0) is 21.7. The van der Waals surface area contributed by atoms with Gasteiger partial charge in [-0.3, -0.25) is 14.6 Å². The van der Waals surface area contributed by atoms with Gasteiger partial charge in [-0.25, -0.2) is 0 Å². The molecule has 0 unspecified atom stereocenters. The Balaban J connectivity index is 2.14. The van der Waals surface area contributed by atoms with E-state index in [1.165, 1.54) is 6.08 Å². The van der Waals surface area contributed by atoms with Gasteiger partial charge in [-0.15, -0.1) is 0 Å². The summed E-state index contributed by atoms with van der Waals surface area (Å²) < 4.78 is 0. The standard InChI is InChI=1S/C24H18Cl2N2O2/c1-15(8-14-21(26)27-2)7-13-20(29)23-22(16-9-11-17(25)12-10-16)18-5-3-4-6-19(18)28-24(23)30/h3-14H,2H2,1H3,(H,28,30)/b13-7+,15-8+,21-14-. The molecule has 0 saturated heterocycles. The second kappa shape index (κ2) is 9.53. The lowest BCUT2D eigenvalue weighted by Crippen LogP contribution is -2.18. The molecule has 3 rings (SSSR count). The van der Waals surface area contributed by atoms with E-state index in [1.807, 2.05) is 18.2 Å². The van der Waals surface area contributed by atoms with Gasteiger partial charge in [0.05, 0.1) is 5.56 Å². The molecule has 0 aliphatic carbocycles. The minimum absolute atomic E-state index is 0.0707. The van der Waals surface area contributed by atoms with Crippen molar-refractivity contribution in [2.75, 3.05) is 0 Å². The molecule has 2 aromatic carbocycles. The fourth-order valence-corrected chi connectivity index (χ4v) is 3.18. The van der Waals surface area contributed by atoms with Crippen LogP contribution in [-0.4, -0.2) is 17.5 Å². The number of hydrogen-bond acceptors (Lipinski definition) is 3. The zero-order valence-electron chi connectivity index (χ0n) is 16.2. The van der Waals surface area contributed by atoms with Gasteiger partial charge in [0.2, 0.25) is 0 Å². The number of fused-ring (bicyclic) bond motifs is 1. The molecule has 0 aliphatic rings. The van der Waals surface area contributed by atoms with Crippen LogP contribution >= 0.6 is 23.2 Å². The molecule has 0 saturated carbocycles. The number of nitrogens with zero attached hydrogens (tertiary/aromatic N) is 1. The topological polar surface area (TPSA) is 62.3 Å². The van der Waals surface area contributed by atoms with E-state index in [9.17, 15) is 9.59 Å². The molecule has 0 spiro atoms. The van der Waals surface area contributed by atoms with Crippen molar-refractivity contribution in [1.29, 1.82) is 0 Å². The first-order chi connectivity index (χ1) is 14.4. The molecule has 4 nitrogen and oxygen atoms in total. The van der Waals surface area contributed by atoms with Gasteiger partial charge < -0.3 is 4.98 Å². The minimum Gasteiger partial charge on any atom is -0.321 e. The SMILES string of the molecule is C=N\C(Cl)=C/C=C(C)/C=C/C(=O)c1c(-c2ccc(Cl)cc2)c2ccccc2[nH]c1=O. The van der Waals surface area contributed by atoms with Crippen LogP contribution in [0.3, 0.4) is 0 Å². The van der Waals surface area contributed by atoms with Crippen molar-refractivity contribution >= 4 is 46.6 Å². The van der Waals surface area contributed by atoms with Crippen LogP contribution < -0.4 is 5.56 Å². The summed E-state index contributed by atoms with van der Waals surface area (Å²) in [5.74, 6) is -0.406. The van der Waals surface area contributed by atoms with E-state index in [1.54, 1.807) is 55.5 Å². The lowest BCUT2D eigenvalue weighted by atomic mass is 9.94. The van der Waals surface area contributed by atoms with E-state index in [0.29, 0.717) is 16.1 Å². The smallest absolute Gasteiger partial charge is 0.260 e. The quantitative estimate of drug-likeness (QED) is 0.161. The second-order valence-electron chi connectivity index (χ2n) is 6.51. The Morgan fingerprint density at radius 3 is 2.47 bits per heavy atom. The number of H-pyrrole nitrogens is 1. The molecule has 0 aliphatic heterocycles. The Morgan fingerprint density at radius 2 is 1.77 bits per heavy atom. The van der Waals surface area contributed by atoms with Gasteiger partial charge in [-0.05, 0) is 49.6 Å². The molecule has 0 radical (unpaired) electrons. The summed E-state index contributed by atoms with van der Waals surface area (Å²) in [6.45, 7) is 5.14. The molecule has 0 bridgehead atoms. The molecule has 1 N–H and O–H groups in total. The number of para-hydroxylation sites is 1. The number of rotatable bonds is 6. The van der Waals surface area contributed by atoms with Crippen LogP contribution in [-0.2, 0) is 0 Å². The third-order valence-corrected chi connectivity index (χ3v) is 4.93. The number of allylic oxidation sites excluding steroid dienone is 5. The van der Waals surface area contributed by atoms with Crippen molar-refractivity contribution in [3.05, 3.63) is 105 Å². The lowest BCUT2D eigenvalue weighted by Gasteiger charge is -2.11. The summed E-state index contributed by atoms with van der Waals surface area (Å²) in [4.78, 5) is 32.3. The number of aromatic amines is 1. The fraction of sp³-hybridized carbons (Fsp3) is 0.0417. The van der Waals surface area contributed by atoms with Crippen molar-refractivity contribution in [3.8, 4) is 11.1 Å². The van der Waals surface area contributed by atoms with E-state index in [-0.39, 0.29) is 10.7 Å². The Bertz CT molecular complexity index is 1270. The molecule has 0 fully saturated rings. The molecule has 3 aromatic rings. The van der Waals surface area contributed by atoms with E-state index in [4.69, 9.17) is 23.2 Å². The lowest BCUT2D eigenvalue weighted by molar-refractivity contribution is 0.104. The van der Waals surface area contributed by atoms with Gasteiger partial charge >= 0.3 is 0 Å². The predicted molar refractivity (Wildman–Crippen MR) is 126 cm³/mol. The Kier molecular flexibility index (Phi) is 6.83. The van der Waals surface area contributed by atoms with Gasteiger partial charge in [0.25, 0.3) is 5.56 Å². The number of pyridine rings is 1. The van der Waals surface area contributed by atoms with Crippen molar-refractivity contribution in [2.24, 2.45) is 4.99 Å². The number of aromatic nitrogens is 1. The average Bonchev–Trinajstić information content (AvgIpc) is 2.75. The van der Waals surface area contributed by atoms with E-state index >= 15 is 0 Å². The van der Waals surface area contributed by atoms with Crippen molar-refractivity contribution in [3.63, 3.8) is 0 Å². The maximum Gasteiger partial charge on any atom is 0.260 e. The van der Waals surface area contributed by atoms with E-state index in [2.05, 4.69) is 16.7 Å². The highest BCUT2D eigenvalue weighted by molar-refractivity contribution is 6.30. The summed E-state index contributed by atoms with van der Waals surface area (Å²) in [5, 5.41) is 1.59. The van der Waals surface area contributed by atoms with Gasteiger partial charge in [-0.2, -0.15) is 0 Å². The molecule has 0 amide bonds. The second-order valence-corrected chi connectivity index (χ2v) is 7.34. The third-order valence-electron chi connectivity index (χ3n) is 4.43. The number of carbonyl (C=O) groups excluding carboxylic acids is 1. The molecule has 30 heavy (non-hydrogen) atoms. The first-order valence-electron chi connectivity index (χ1n) is 9.05. The molecular formula is C24H18Cl2N2O2. The highest BCUT2D eigenvalue weighted by Gasteiger charge is 2.19. The van der Waals surface area contributed by atoms with Crippen molar-refractivity contribution in [2.45, 2.75) is 6.92 Å². The number of benzene rings is 2. The zero-order valence-corrected chi connectivity index (χ0v) is 17.7. The molecule has 0 atom stereocenters. The maximum atomic E-state index is 13.0. The fourth-order valence-electron chi connectivity index (χ4n) is 2.99. The minimum atomic E-state index is -0.450. The van der Waals surface area contributed by atoms with Gasteiger partial charge in [0.1, 0.15) is 5.16 Å². The van der Waals surface area contributed by atoms with Crippen LogP contribution in [0.4, 0.5) is 0 Å². The molecular weight excluding hydrogens is 419 g/mol. The number of carbonyl (C=O) groups is 1. The number of ketones is 1. The van der Waals surface area contributed by atoms with Crippen LogP contribution in [0.25, 0.3) is 22.0 Å². The van der Waals surface area contributed by atoms with Gasteiger partial charge in [0, 0.05) is 21.5 Å². The largest absolute Gasteiger partial charge is 0.321 e. The number of hydrogen-bond donors (Lipinski definition) is 1. The summed E-state index contributed by atoms with van der Waals surface area (Å²) in [6.07, 6.45) is 6.26. The predicted octanol–water partition coefficient (Wildman–Crippen LogP) is 6.31. The molecule has 6 heteroatoms. The van der Waals surface area contributed by atoms with Crippen LogP contribution in [0, 0.1) is 0 Å². The Hall–Kier alpha value is -3.21. The Morgan fingerprint density at radius 1 is 1.07 bits per heavy atom. The van der Waals surface area contributed by atoms with Crippen LogP contribution in [0.5, 0.6) is 0 Å². The number of aliphatic imine (C=N–C) groups is 1. The van der Waals surface area contributed by atoms with E-state index in [0.717, 1.165) is 16.5 Å². The summed E-state index contributed by atoms with van der Waals surface area (Å²) in [5.41, 5.74) is 2.34. The van der Waals surface area contributed by atoms with Gasteiger partial charge in [-0.1, -0.05) is 71.3 Å². The third kappa shape index (κ3) is 4.85. The highest BCUT2D eigenvalue weighted by Crippen LogP contribution is 2.30. The first-order valence-corrected chi connectivity index (χ1v) is 9.80. The number of halogens is 2. The van der Waals surface area contributed by atoms with E-state index < -0.39 is 11.3 Å². The number of nitrogens with one attached hydrogen (secondary N) is 1. The Labute approximate surface area is 183 Å². The summed E-state index contributed by atoms with van der Waals surface area (Å²) in [7, 11) is 0. The van der Waals surface area contributed by atoms with Crippen LogP contribution in [0.2, 0.25) is 5.02 Å². The highest BCUT2D eigenvalue weighted by atomic mass is 35.5. The van der Waals surface area contributed by atoms with Crippen molar-refractivity contribution in [1.82, 2.24) is 4.98 Å². The molecule has 1 aromatic heterocycles. The van der Waals surface area contributed by atoms with Crippen LogP contribution in [0.1, 0.15) is 17.3 Å². The maximum absolute atomic E-state index is 13.0. The monoisotopic (exact) mass is 436 g/mol. The summed E-state index contributed by atoms with van der Waals surface area (Å²) >= 11 is 11.8. The normalized spacial score (nSPS) is 12.5.